The van der Waals surface area contributed by atoms with E-state index in [-0.39, 0.29) is 23.8 Å². The number of benzene rings is 3. The van der Waals surface area contributed by atoms with Gasteiger partial charge in [0.1, 0.15) is 11.5 Å². The number of nitrogens with zero attached hydrogens (tertiary/aromatic N) is 1. The van der Waals surface area contributed by atoms with E-state index in [1.165, 1.54) is 0 Å². The second-order valence-corrected chi connectivity index (χ2v) is 6.38. The number of fused-ring (bicyclic) bond motifs is 1. The molecule has 0 atom stereocenters. The minimum atomic E-state index is -0.223. The maximum Gasteiger partial charge on any atom is 0.251 e. The molecule has 0 saturated heterocycles. The van der Waals surface area contributed by atoms with Gasteiger partial charge < -0.3 is 15.5 Å². The third kappa shape index (κ3) is 3.70. The lowest BCUT2D eigenvalue weighted by atomic mass is 9.94. The van der Waals surface area contributed by atoms with Crippen LogP contribution in [0.4, 0.5) is 0 Å². The summed E-state index contributed by atoms with van der Waals surface area (Å²) in [6.45, 7) is 2.11. The minimum Gasteiger partial charge on any atom is -0.507 e. The number of nitriles is 1. The van der Waals surface area contributed by atoms with Crippen LogP contribution in [0.1, 0.15) is 33.5 Å². The summed E-state index contributed by atoms with van der Waals surface area (Å²) in [4.78, 5) is 12.0. The molecular weight excluding hydrogens is 340 g/mol. The van der Waals surface area contributed by atoms with Crippen molar-refractivity contribution in [2.45, 2.75) is 19.8 Å². The smallest absolute Gasteiger partial charge is 0.251 e. The highest BCUT2D eigenvalue weighted by atomic mass is 16.3. The van der Waals surface area contributed by atoms with Gasteiger partial charge in [0.05, 0.1) is 12.5 Å². The van der Waals surface area contributed by atoms with Gasteiger partial charge in [-0.05, 0) is 30.2 Å². The molecule has 5 nitrogen and oxygen atoms in total. The summed E-state index contributed by atoms with van der Waals surface area (Å²) in [5, 5.41) is 33.6. The largest absolute Gasteiger partial charge is 0.507 e. The van der Waals surface area contributed by atoms with Gasteiger partial charge >= 0.3 is 0 Å². The lowest BCUT2D eigenvalue weighted by Crippen LogP contribution is -2.24. The monoisotopic (exact) mass is 360 g/mol. The predicted molar refractivity (Wildman–Crippen MR) is 104 cm³/mol. The van der Waals surface area contributed by atoms with Gasteiger partial charge in [0.15, 0.2) is 0 Å². The van der Waals surface area contributed by atoms with Crippen molar-refractivity contribution < 1.29 is 15.0 Å². The second-order valence-electron chi connectivity index (χ2n) is 6.38. The first kappa shape index (κ1) is 18.3. The van der Waals surface area contributed by atoms with E-state index in [0.29, 0.717) is 40.4 Å². The molecule has 136 valence electrons. The number of amides is 1. The Morgan fingerprint density at radius 2 is 1.67 bits per heavy atom. The van der Waals surface area contributed by atoms with Crippen LogP contribution in [-0.4, -0.2) is 22.7 Å². The molecule has 0 aliphatic rings. The first-order chi connectivity index (χ1) is 13.0. The van der Waals surface area contributed by atoms with Gasteiger partial charge in [0.25, 0.3) is 5.91 Å². The van der Waals surface area contributed by atoms with Crippen molar-refractivity contribution in [1.82, 2.24) is 5.32 Å². The average molecular weight is 360 g/mol. The summed E-state index contributed by atoms with van der Waals surface area (Å²) in [7, 11) is 0. The van der Waals surface area contributed by atoms with Crippen LogP contribution in [0.25, 0.3) is 10.8 Å². The number of carbonyl (C=O) groups excluding carboxylic acids is 1. The summed E-state index contributed by atoms with van der Waals surface area (Å²) in [6.07, 6.45) is 0.709. The van der Waals surface area contributed by atoms with Crippen molar-refractivity contribution in [3.05, 3.63) is 70.8 Å². The zero-order chi connectivity index (χ0) is 19.4. The third-order valence-electron chi connectivity index (χ3n) is 4.65. The van der Waals surface area contributed by atoms with E-state index in [9.17, 15) is 15.0 Å². The lowest BCUT2D eigenvalue weighted by molar-refractivity contribution is 0.0954. The zero-order valence-corrected chi connectivity index (χ0v) is 15.0. The van der Waals surface area contributed by atoms with Gasteiger partial charge in [-0.3, -0.25) is 4.79 Å². The maximum absolute atomic E-state index is 12.0. The normalized spacial score (nSPS) is 10.5. The SMILES string of the molecule is Cc1c(Cc2ccc(C(=O)NCCC#N)cc2)c(O)c2ccccc2c1O. The van der Waals surface area contributed by atoms with Gasteiger partial charge in [0, 0.05) is 34.9 Å². The number of carbonyl (C=O) groups is 1. The van der Waals surface area contributed by atoms with Gasteiger partial charge in [0.2, 0.25) is 0 Å². The maximum atomic E-state index is 12.0. The Morgan fingerprint density at radius 1 is 1.04 bits per heavy atom. The number of hydrogen-bond donors (Lipinski definition) is 3. The van der Waals surface area contributed by atoms with Crippen molar-refractivity contribution in [3.8, 4) is 17.6 Å². The molecule has 0 bridgehead atoms. The molecule has 0 heterocycles. The van der Waals surface area contributed by atoms with E-state index in [0.717, 1.165) is 5.56 Å². The topological polar surface area (TPSA) is 93.4 Å². The van der Waals surface area contributed by atoms with Crippen molar-refractivity contribution in [1.29, 1.82) is 5.26 Å². The fraction of sp³-hybridized carbons (Fsp3) is 0.182. The molecule has 0 aromatic heterocycles. The molecule has 0 aliphatic heterocycles. The van der Waals surface area contributed by atoms with E-state index in [1.807, 2.05) is 30.3 Å². The van der Waals surface area contributed by atoms with Crippen LogP contribution in [-0.2, 0) is 6.42 Å². The van der Waals surface area contributed by atoms with Crippen molar-refractivity contribution in [3.63, 3.8) is 0 Å². The summed E-state index contributed by atoms with van der Waals surface area (Å²) >= 11 is 0. The lowest BCUT2D eigenvalue weighted by Gasteiger charge is -2.14. The van der Waals surface area contributed by atoms with Gasteiger partial charge in [-0.25, -0.2) is 0 Å². The highest BCUT2D eigenvalue weighted by molar-refractivity contribution is 5.96. The van der Waals surface area contributed by atoms with Crippen LogP contribution >= 0.6 is 0 Å². The summed E-state index contributed by atoms with van der Waals surface area (Å²) < 4.78 is 0. The standard InChI is InChI=1S/C22H20N2O3/c1-14-19(21(26)18-6-3-2-5-17(18)20(14)25)13-15-7-9-16(10-8-15)22(27)24-12-4-11-23/h2-3,5-10,25-26H,4,12-13H2,1H3,(H,24,27). The van der Waals surface area contributed by atoms with Crippen molar-refractivity contribution in [2.24, 2.45) is 0 Å². The molecule has 0 spiro atoms. The fourth-order valence-electron chi connectivity index (χ4n) is 3.11. The highest BCUT2D eigenvalue weighted by Crippen LogP contribution is 2.39. The van der Waals surface area contributed by atoms with Gasteiger partial charge in [-0.15, -0.1) is 0 Å². The van der Waals surface area contributed by atoms with Crippen LogP contribution < -0.4 is 5.32 Å². The van der Waals surface area contributed by atoms with Crippen LogP contribution in [0.3, 0.4) is 0 Å². The molecule has 0 radical (unpaired) electrons. The molecule has 0 fully saturated rings. The Bertz CT molecular complexity index is 1030. The van der Waals surface area contributed by atoms with Gasteiger partial charge in [-0.1, -0.05) is 36.4 Å². The predicted octanol–water partition coefficient (Wildman–Crippen LogP) is 3.79. The Balaban J connectivity index is 1.86. The van der Waals surface area contributed by atoms with E-state index in [4.69, 9.17) is 5.26 Å². The number of rotatable bonds is 5. The number of hydrogen-bond acceptors (Lipinski definition) is 4. The number of phenols is 2. The molecule has 0 saturated carbocycles. The fourth-order valence-corrected chi connectivity index (χ4v) is 3.11. The van der Waals surface area contributed by atoms with E-state index >= 15 is 0 Å². The molecule has 0 unspecified atom stereocenters. The van der Waals surface area contributed by atoms with Crippen molar-refractivity contribution in [2.75, 3.05) is 6.54 Å². The van der Waals surface area contributed by atoms with Crippen LogP contribution in [0, 0.1) is 18.3 Å². The molecular formula is C22H20N2O3. The molecule has 3 rings (SSSR count). The Morgan fingerprint density at radius 3 is 2.30 bits per heavy atom. The highest BCUT2D eigenvalue weighted by Gasteiger charge is 2.16. The molecule has 5 heteroatoms. The summed E-state index contributed by atoms with van der Waals surface area (Å²) in [5.41, 5.74) is 2.73. The van der Waals surface area contributed by atoms with Gasteiger partial charge in [-0.2, -0.15) is 5.26 Å². The van der Waals surface area contributed by atoms with Crippen LogP contribution in [0.5, 0.6) is 11.5 Å². The van der Waals surface area contributed by atoms with E-state index in [2.05, 4.69) is 5.32 Å². The molecule has 27 heavy (non-hydrogen) atoms. The van der Waals surface area contributed by atoms with Crippen LogP contribution in [0.15, 0.2) is 48.5 Å². The van der Waals surface area contributed by atoms with E-state index in [1.54, 1.807) is 31.2 Å². The molecule has 3 aromatic carbocycles. The molecule has 1 amide bonds. The number of nitrogens with one attached hydrogen (secondary N) is 1. The summed E-state index contributed by atoms with van der Waals surface area (Å²) in [6, 6.07) is 16.3. The quantitative estimate of drug-likeness (QED) is 0.477. The third-order valence-corrected chi connectivity index (χ3v) is 4.65. The summed E-state index contributed by atoms with van der Waals surface area (Å²) in [5.74, 6) is 0.116. The zero-order valence-electron chi connectivity index (χ0n) is 15.0. The number of aromatic hydroxyl groups is 2. The first-order valence-electron chi connectivity index (χ1n) is 8.69. The Kier molecular flexibility index (Phi) is 5.28. The number of phenolic OH excluding ortho intramolecular Hbond substituents is 2. The van der Waals surface area contributed by atoms with Crippen LogP contribution in [0.2, 0.25) is 0 Å². The molecule has 3 N–H and O–H groups in total. The minimum absolute atomic E-state index is 0.166. The average Bonchev–Trinajstić information content (AvgIpc) is 2.70. The first-order valence-corrected chi connectivity index (χ1v) is 8.69. The molecule has 3 aromatic rings. The second kappa shape index (κ2) is 7.79. The van der Waals surface area contributed by atoms with E-state index < -0.39 is 0 Å². The Labute approximate surface area is 157 Å². The Hall–Kier alpha value is -3.52. The molecule has 0 aliphatic carbocycles. The van der Waals surface area contributed by atoms with Crippen molar-refractivity contribution >= 4 is 16.7 Å².